The molecule has 0 radical (unpaired) electrons. The molecule has 238 valence electrons. The third kappa shape index (κ3) is 3.16. The van der Waals surface area contributed by atoms with E-state index in [4.69, 9.17) is 0 Å². The second kappa shape index (κ2) is 9.51. The molecule has 0 saturated heterocycles. The van der Waals surface area contributed by atoms with Gasteiger partial charge >= 0.3 is 0 Å². The molecule has 13 rings (SSSR count). The number of para-hydroxylation sites is 4. The Morgan fingerprint density at radius 1 is 0.385 bits per heavy atom. The monoisotopic (exact) mass is 657 g/mol. The average Bonchev–Trinajstić information content (AvgIpc) is 3.85. The van der Waals surface area contributed by atoms with E-state index in [9.17, 15) is 0 Å². The number of anilines is 3. The Hall–Kier alpha value is -6.78. The van der Waals surface area contributed by atoms with E-state index < -0.39 is 0 Å². The third-order valence-corrected chi connectivity index (χ3v) is 12.0. The van der Waals surface area contributed by atoms with Gasteiger partial charge in [0.2, 0.25) is 0 Å². The van der Waals surface area contributed by atoms with E-state index in [2.05, 4.69) is 184 Å². The fourth-order valence-electron chi connectivity index (χ4n) is 10.1. The molecule has 3 aromatic heterocycles. The molecule has 0 atom stereocenters. The second-order valence-corrected chi connectivity index (χ2v) is 14.4. The molecule has 0 fully saturated rings. The first-order valence-corrected chi connectivity index (χ1v) is 18.2. The highest BCUT2D eigenvalue weighted by Crippen LogP contribution is 2.47. The zero-order chi connectivity index (χ0) is 33.7. The van der Waals surface area contributed by atoms with Crippen molar-refractivity contribution < 1.29 is 0 Å². The number of aromatic nitrogens is 2. The van der Waals surface area contributed by atoms with Crippen molar-refractivity contribution in [2.75, 3.05) is 4.90 Å². The maximum absolute atomic E-state index is 2.62. The summed E-state index contributed by atoms with van der Waals surface area (Å²) in [4.78, 5) is 2.47. The summed E-state index contributed by atoms with van der Waals surface area (Å²) >= 11 is 0. The third-order valence-electron chi connectivity index (χ3n) is 12.0. The summed E-state index contributed by atoms with van der Waals surface area (Å²) in [5.41, 5.74) is 18.0. The van der Waals surface area contributed by atoms with Crippen molar-refractivity contribution in [2.24, 2.45) is 0 Å². The fourth-order valence-corrected chi connectivity index (χ4v) is 10.1. The smallest absolute Gasteiger partial charge is 0.252 e. The summed E-state index contributed by atoms with van der Waals surface area (Å²) in [7, 11) is 0. The normalized spacial score (nSPS) is 13.3. The van der Waals surface area contributed by atoms with E-state index in [1.165, 1.54) is 110 Å². The van der Waals surface area contributed by atoms with Gasteiger partial charge in [0, 0.05) is 60.6 Å². The van der Waals surface area contributed by atoms with Gasteiger partial charge in [-0.05, 0) is 76.0 Å². The molecule has 2 aliphatic heterocycles. The van der Waals surface area contributed by atoms with E-state index in [0.29, 0.717) is 0 Å². The van der Waals surface area contributed by atoms with Crippen LogP contribution in [0, 0.1) is 0 Å². The Labute approximate surface area is 299 Å². The van der Waals surface area contributed by atoms with Crippen molar-refractivity contribution in [3.63, 3.8) is 0 Å². The van der Waals surface area contributed by atoms with Crippen molar-refractivity contribution in [1.29, 1.82) is 0 Å². The van der Waals surface area contributed by atoms with Crippen LogP contribution in [0.3, 0.4) is 0 Å². The van der Waals surface area contributed by atoms with E-state index in [0.717, 1.165) is 0 Å². The standard InChI is InChI=1S/C48H28BN3/c1-3-12-29(13-4-1)30-24-26-39-36(28-30)33-16-9-18-35-44-41(51(39)46(33)35)27-25-34-32-17-10-20-38-47(32)52(48(34)44)43-23-11-22-42-45(43)49(38)37-19-7-8-21-40(37)50(42)31-14-5-2-6-15-31/h1-28H. The first-order chi connectivity index (χ1) is 25.8. The van der Waals surface area contributed by atoms with Crippen LogP contribution >= 0.6 is 0 Å². The lowest BCUT2D eigenvalue weighted by Crippen LogP contribution is -2.60. The number of nitrogens with zero attached hydrogens (tertiary/aromatic N) is 3. The highest BCUT2D eigenvalue weighted by molar-refractivity contribution is 7.00. The highest BCUT2D eigenvalue weighted by atomic mass is 15.2. The van der Waals surface area contributed by atoms with E-state index in [-0.39, 0.29) is 6.71 Å². The minimum Gasteiger partial charge on any atom is -0.311 e. The molecule has 0 amide bonds. The molecule has 0 unspecified atom stereocenters. The van der Waals surface area contributed by atoms with Crippen molar-refractivity contribution in [3.05, 3.63) is 170 Å². The van der Waals surface area contributed by atoms with Crippen molar-refractivity contribution in [2.45, 2.75) is 0 Å². The molecule has 8 aromatic carbocycles. The summed E-state index contributed by atoms with van der Waals surface area (Å²) in [6.45, 7) is 0.135. The molecule has 0 N–H and O–H groups in total. The van der Waals surface area contributed by atoms with Crippen LogP contribution in [0.25, 0.3) is 76.7 Å². The molecule has 0 spiro atoms. The summed E-state index contributed by atoms with van der Waals surface area (Å²) in [6, 6.07) is 63.1. The molecule has 0 saturated carbocycles. The van der Waals surface area contributed by atoms with Crippen LogP contribution in [0.15, 0.2) is 170 Å². The summed E-state index contributed by atoms with van der Waals surface area (Å²) < 4.78 is 5.14. The number of hydrogen-bond donors (Lipinski definition) is 0. The Morgan fingerprint density at radius 2 is 1.04 bits per heavy atom. The quantitative estimate of drug-likeness (QED) is 0.169. The number of fused-ring (bicyclic) bond motifs is 14. The van der Waals surface area contributed by atoms with Gasteiger partial charge in [-0.2, -0.15) is 0 Å². The summed E-state index contributed by atoms with van der Waals surface area (Å²) in [5.74, 6) is 0. The molecule has 2 aliphatic rings. The van der Waals surface area contributed by atoms with Crippen LogP contribution in [0.4, 0.5) is 17.1 Å². The SMILES string of the molecule is c1ccc(-c2ccc3c(c2)c2cccc4c5c6c(ccc5n3c24)c2cccc3c2n6-c2cccc4c2B3c2ccccc2N4c2ccccc2)cc1. The Morgan fingerprint density at radius 3 is 1.92 bits per heavy atom. The first kappa shape index (κ1) is 27.0. The van der Waals surface area contributed by atoms with Gasteiger partial charge in [0.15, 0.2) is 0 Å². The Kier molecular flexibility index (Phi) is 4.94. The minimum atomic E-state index is 0.135. The Balaban J connectivity index is 1.18. The fraction of sp³-hybridized carbons (Fsp3) is 0. The van der Waals surface area contributed by atoms with Gasteiger partial charge in [0.25, 0.3) is 6.71 Å². The van der Waals surface area contributed by atoms with Gasteiger partial charge in [-0.25, -0.2) is 0 Å². The van der Waals surface area contributed by atoms with E-state index in [1.807, 2.05) is 0 Å². The van der Waals surface area contributed by atoms with Crippen LogP contribution in [0.1, 0.15) is 0 Å². The zero-order valence-electron chi connectivity index (χ0n) is 28.1. The topological polar surface area (TPSA) is 12.6 Å². The predicted molar refractivity (Wildman–Crippen MR) is 220 cm³/mol. The predicted octanol–water partition coefficient (Wildman–Crippen LogP) is 10.2. The van der Waals surface area contributed by atoms with Gasteiger partial charge in [0.05, 0.1) is 22.1 Å². The van der Waals surface area contributed by atoms with Crippen molar-refractivity contribution in [3.8, 4) is 16.8 Å². The Bertz CT molecular complexity index is 3300. The minimum absolute atomic E-state index is 0.135. The molecule has 52 heavy (non-hydrogen) atoms. The number of benzene rings is 8. The van der Waals surface area contributed by atoms with Crippen LogP contribution in [-0.2, 0) is 0 Å². The van der Waals surface area contributed by atoms with Crippen LogP contribution < -0.4 is 21.3 Å². The van der Waals surface area contributed by atoms with E-state index >= 15 is 0 Å². The van der Waals surface area contributed by atoms with Crippen molar-refractivity contribution >= 4 is 100 Å². The summed E-state index contributed by atoms with van der Waals surface area (Å²) in [5, 5.41) is 7.85. The average molecular weight is 658 g/mol. The maximum atomic E-state index is 2.62. The largest absolute Gasteiger partial charge is 0.311 e. The molecule has 0 bridgehead atoms. The molecule has 11 aromatic rings. The highest BCUT2D eigenvalue weighted by Gasteiger charge is 2.42. The molecular formula is C48H28BN3. The van der Waals surface area contributed by atoms with Crippen molar-refractivity contribution in [1.82, 2.24) is 8.97 Å². The molecule has 5 heterocycles. The van der Waals surface area contributed by atoms with Crippen LogP contribution in [-0.4, -0.2) is 15.7 Å². The molecule has 4 heteroatoms. The van der Waals surface area contributed by atoms with E-state index in [1.54, 1.807) is 0 Å². The molecule has 0 aliphatic carbocycles. The van der Waals surface area contributed by atoms with Gasteiger partial charge in [0.1, 0.15) is 0 Å². The van der Waals surface area contributed by atoms with Gasteiger partial charge < -0.3 is 13.9 Å². The zero-order valence-corrected chi connectivity index (χ0v) is 28.1. The lowest BCUT2D eigenvalue weighted by atomic mass is 9.34. The molecular weight excluding hydrogens is 629 g/mol. The maximum Gasteiger partial charge on any atom is 0.252 e. The second-order valence-electron chi connectivity index (χ2n) is 14.4. The molecule has 3 nitrogen and oxygen atoms in total. The summed E-state index contributed by atoms with van der Waals surface area (Å²) in [6.07, 6.45) is 0. The first-order valence-electron chi connectivity index (χ1n) is 18.2. The number of rotatable bonds is 2. The lowest BCUT2D eigenvalue weighted by molar-refractivity contribution is 1.18. The van der Waals surface area contributed by atoms with Crippen LogP contribution in [0.2, 0.25) is 0 Å². The van der Waals surface area contributed by atoms with Gasteiger partial charge in [-0.15, -0.1) is 0 Å². The van der Waals surface area contributed by atoms with Gasteiger partial charge in [-0.1, -0.05) is 121 Å². The lowest BCUT2D eigenvalue weighted by Gasteiger charge is -2.40. The van der Waals surface area contributed by atoms with Gasteiger partial charge in [-0.3, -0.25) is 0 Å². The van der Waals surface area contributed by atoms with Crippen LogP contribution in [0.5, 0.6) is 0 Å². The number of hydrogen-bond acceptors (Lipinski definition) is 1.